The summed E-state index contributed by atoms with van der Waals surface area (Å²) >= 11 is 0. The number of hydrogen-bond acceptors (Lipinski definition) is 4. The SMILES string of the molecule is CCOC(=O)N(c1ccncc1)C(Cc1ccccc1)C(=O)O. The number of aliphatic carboxylic acids is 1. The van der Waals surface area contributed by atoms with Crippen LogP contribution in [-0.2, 0) is 16.0 Å². The number of ether oxygens (including phenoxy) is 1. The highest BCUT2D eigenvalue weighted by atomic mass is 16.6. The highest BCUT2D eigenvalue weighted by Gasteiger charge is 2.32. The number of aromatic nitrogens is 1. The zero-order valence-corrected chi connectivity index (χ0v) is 12.8. The van der Waals surface area contributed by atoms with Crippen LogP contribution in [0.15, 0.2) is 54.9 Å². The normalized spacial score (nSPS) is 11.5. The predicted octanol–water partition coefficient (Wildman–Crippen LogP) is 2.74. The minimum atomic E-state index is -1.10. The number of benzene rings is 1. The lowest BCUT2D eigenvalue weighted by atomic mass is 10.0. The summed E-state index contributed by atoms with van der Waals surface area (Å²) < 4.78 is 5.03. The van der Waals surface area contributed by atoms with Crippen molar-refractivity contribution in [2.75, 3.05) is 11.5 Å². The monoisotopic (exact) mass is 314 g/mol. The lowest BCUT2D eigenvalue weighted by Gasteiger charge is -2.28. The van der Waals surface area contributed by atoms with Crippen molar-refractivity contribution in [1.29, 1.82) is 0 Å². The van der Waals surface area contributed by atoms with Crippen LogP contribution >= 0.6 is 0 Å². The number of pyridine rings is 1. The van der Waals surface area contributed by atoms with Gasteiger partial charge in [0.15, 0.2) is 0 Å². The van der Waals surface area contributed by atoms with Gasteiger partial charge in [0.25, 0.3) is 0 Å². The number of carbonyl (C=O) groups is 2. The zero-order valence-electron chi connectivity index (χ0n) is 12.8. The molecule has 1 N–H and O–H groups in total. The molecule has 120 valence electrons. The number of anilines is 1. The first-order valence-electron chi connectivity index (χ1n) is 7.26. The maximum absolute atomic E-state index is 12.3. The second kappa shape index (κ2) is 7.93. The van der Waals surface area contributed by atoms with Crippen LogP contribution < -0.4 is 4.90 Å². The average molecular weight is 314 g/mol. The van der Waals surface area contributed by atoms with Crippen LogP contribution in [0.25, 0.3) is 0 Å². The second-order valence-electron chi connectivity index (χ2n) is 4.82. The Hall–Kier alpha value is -2.89. The molecule has 0 bridgehead atoms. The minimum Gasteiger partial charge on any atom is -0.480 e. The standard InChI is InChI=1S/C17H18N2O4/c1-2-23-17(22)19(14-8-10-18-11-9-14)15(16(20)21)12-13-6-4-3-5-7-13/h3-11,15H,2,12H2,1H3,(H,20,21). The average Bonchev–Trinajstić information content (AvgIpc) is 2.56. The smallest absolute Gasteiger partial charge is 0.415 e. The van der Waals surface area contributed by atoms with E-state index in [1.54, 1.807) is 19.1 Å². The van der Waals surface area contributed by atoms with E-state index in [-0.39, 0.29) is 13.0 Å². The van der Waals surface area contributed by atoms with Crippen molar-refractivity contribution in [2.45, 2.75) is 19.4 Å². The van der Waals surface area contributed by atoms with E-state index < -0.39 is 18.1 Å². The highest BCUT2D eigenvalue weighted by molar-refractivity contribution is 5.95. The summed E-state index contributed by atoms with van der Waals surface area (Å²) in [4.78, 5) is 29.1. The molecule has 6 heteroatoms. The molecule has 23 heavy (non-hydrogen) atoms. The van der Waals surface area contributed by atoms with Gasteiger partial charge < -0.3 is 9.84 Å². The van der Waals surface area contributed by atoms with Gasteiger partial charge in [-0.3, -0.25) is 9.88 Å². The summed E-state index contributed by atoms with van der Waals surface area (Å²) in [6.07, 6.45) is 2.49. The van der Waals surface area contributed by atoms with Crippen LogP contribution in [-0.4, -0.2) is 34.8 Å². The molecule has 1 unspecified atom stereocenters. The van der Waals surface area contributed by atoms with Crippen molar-refractivity contribution in [3.05, 3.63) is 60.4 Å². The van der Waals surface area contributed by atoms with E-state index in [9.17, 15) is 14.7 Å². The number of nitrogens with zero attached hydrogens (tertiary/aromatic N) is 2. The molecule has 1 amide bonds. The molecule has 6 nitrogen and oxygen atoms in total. The van der Waals surface area contributed by atoms with E-state index in [0.29, 0.717) is 5.69 Å². The van der Waals surface area contributed by atoms with Crippen molar-refractivity contribution in [1.82, 2.24) is 4.98 Å². The molecule has 0 saturated carbocycles. The molecule has 2 rings (SSSR count). The number of carboxylic acids is 1. The Balaban J connectivity index is 2.36. The fraction of sp³-hybridized carbons (Fsp3) is 0.235. The Morgan fingerprint density at radius 3 is 2.39 bits per heavy atom. The Morgan fingerprint density at radius 2 is 1.83 bits per heavy atom. The van der Waals surface area contributed by atoms with Gasteiger partial charge in [0, 0.05) is 18.8 Å². The summed E-state index contributed by atoms with van der Waals surface area (Å²) in [6, 6.07) is 11.3. The molecule has 0 spiro atoms. The number of rotatable bonds is 6. The van der Waals surface area contributed by atoms with Crippen LogP contribution in [0, 0.1) is 0 Å². The molecule has 2 aromatic rings. The highest BCUT2D eigenvalue weighted by Crippen LogP contribution is 2.20. The number of hydrogen-bond donors (Lipinski definition) is 1. The summed E-state index contributed by atoms with van der Waals surface area (Å²) in [5.41, 5.74) is 1.25. The number of carbonyl (C=O) groups excluding carboxylic acids is 1. The topological polar surface area (TPSA) is 79.7 Å². The van der Waals surface area contributed by atoms with Crippen LogP contribution in [0.1, 0.15) is 12.5 Å². The molecule has 0 saturated heterocycles. The molecule has 1 atom stereocenters. The maximum atomic E-state index is 12.3. The summed E-state index contributed by atoms with van der Waals surface area (Å²) in [7, 11) is 0. The fourth-order valence-electron chi connectivity index (χ4n) is 2.24. The minimum absolute atomic E-state index is 0.165. The third-order valence-corrected chi connectivity index (χ3v) is 3.27. The van der Waals surface area contributed by atoms with Gasteiger partial charge in [-0.05, 0) is 24.6 Å². The molecule has 0 aliphatic heterocycles. The van der Waals surface area contributed by atoms with Gasteiger partial charge >= 0.3 is 12.1 Å². The van der Waals surface area contributed by atoms with E-state index in [1.807, 2.05) is 30.3 Å². The predicted molar refractivity (Wildman–Crippen MR) is 85.3 cm³/mol. The Labute approximate surface area is 134 Å². The van der Waals surface area contributed by atoms with Crippen molar-refractivity contribution in [2.24, 2.45) is 0 Å². The first kappa shape index (κ1) is 16.5. The van der Waals surface area contributed by atoms with Crippen LogP contribution in [0.2, 0.25) is 0 Å². The maximum Gasteiger partial charge on any atom is 0.415 e. The van der Waals surface area contributed by atoms with Gasteiger partial charge in [0.1, 0.15) is 6.04 Å². The first-order chi connectivity index (χ1) is 11.1. The van der Waals surface area contributed by atoms with Crippen LogP contribution in [0.5, 0.6) is 0 Å². The van der Waals surface area contributed by atoms with E-state index in [1.165, 1.54) is 12.4 Å². The van der Waals surface area contributed by atoms with Crippen molar-refractivity contribution >= 4 is 17.7 Å². The second-order valence-corrected chi connectivity index (χ2v) is 4.82. The fourth-order valence-corrected chi connectivity index (χ4v) is 2.24. The van der Waals surface area contributed by atoms with Gasteiger partial charge in [0.05, 0.1) is 12.3 Å². The lowest BCUT2D eigenvalue weighted by molar-refractivity contribution is -0.138. The summed E-state index contributed by atoms with van der Waals surface area (Å²) in [6.45, 7) is 1.84. The quantitative estimate of drug-likeness (QED) is 0.887. The molecule has 1 aromatic heterocycles. The number of amides is 1. The summed E-state index contributed by atoms with van der Waals surface area (Å²) in [5, 5.41) is 9.62. The molecule has 0 aliphatic carbocycles. The van der Waals surface area contributed by atoms with Gasteiger partial charge in [-0.15, -0.1) is 0 Å². The van der Waals surface area contributed by atoms with Gasteiger partial charge in [-0.25, -0.2) is 9.59 Å². The molecule has 0 fully saturated rings. The lowest BCUT2D eigenvalue weighted by Crippen LogP contribution is -2.47. The van der Waals surface area contributed by atoms with Crippen LogP contribution in [0.4, 0.5) is 10.5 Å². The first-order valence-corrected chi connectivity index (χ1v) is 7.26. The van der Waals surface area contributed by atoms with Gasteiger partial charge in [-0.1, -0.05) is 30.3 Å². The Morgan fingerprint density at radius 1 is 1.17 bits per heavy atom. The Bertz CT molecular complexity index is 646. The number of carboxylic acid groups (broad SMARTS) is 1. The zero-order chi connectivity index (χ0) is 16.7. The van der Waals surface area contributed by atoms with E-state index >= 15 is 0 Å². The molecule has 1 heterocycles. The van der Waals surface area contributed by atoms with E-state index in [4.69, 9.17) is 4.74 Å². The van der Waals surface area contributed by atoms with E-state index in [2.05, 4.69) is 4.98 Å². The van der Waals surface area contributed by atoms with Gasteiger partial charge in [-0.2, -0.15) is 0 Å². The van der Waals surface area contributed by atoms with Crippen molar-refractivity contribution in [3.63, 3.8) is 0 Å². The Kier molecular flexibility index (Phi) is 5.68. The third-order valence-electron chi connectivity index (χ3n) is 3.27. The molecule has 0 radical (unpaired) electrons. The van der Waals surface area contributed by atoms with Crippen molar-refractivity contribution in [3.8, 4) is 0 Å². The van der Waals surface area contributed by atoms with Gasteiger partial charge in [0.2, 0.25) is 0 Å². The molecule has 1 aromatic carbocycles. The van der Waals surface area contributed by atoms with E-state index in [0.717, 1.165) is 10.5 Å². The van der Waals surface area contributed by atoms with Crippen LogP contribution in [0.3, 0.4) is 0 Å². The largest absolute Gasteiger partial charge is 0.480 e. The molecular formula is C17H18N2O4. The molecular weight excluding hydrogens is 296 g/mol. The molecule has 0 aliphatic rings. The summed E-state index contributed by atoms with van der Waals surface area (Å²) in [5.74, 6) is -1.10. The van der Waals surface area contributed by atoms with Crippen molar-refractivity contribution < 1.29 is 19.4 Å². The third kappa shape index (κ3) is 4.29.